The second kappa shape index (κ2) is 6.64. The summed E-state index contributed by atoms with van der Waals surface area (Å²) in [6.07, 6.45) is 0. The number of hydrogen-bond acceptors (Lipinski definition) is 4. The normalized spacial score (nSPS) is 9.80. The van der Waals surface area contributed by atoms with Crippen molar-refractivity contribution in [3.05, 3.63) is 22.3 Å². The minimum atomic E-state index is -0.645. The molecule has 0 aromatic rings. The van der Waals surface area contributed by atoms with Gasteiger partial charge >= 0.3 is 5.97 Å². The van der Waals surface area contributed by atoms with E-state index < -0.39 is 5.97 Å². The maximum Gasteiger partial charge on any atom is 0.339 e. The number of hydrogen-bond donors (Lipinski definition) is 0. The number of rotatable bonds is 3. The lowest BCUT2D eigenvalue weighted by Gasteiger charge is -2.05. The number of nitriles is 2. The van der Waals surface area contributed by atoms with Crippen molar-refractivity contribution in [2.75, 3.05) is 6.61 Å². The molecule has 0 bridgehead atoms. The number of esters is 1. The van der Waals surface area contributed by atoms with Crippen LogP contribution in [-0.4, -0.2) is 12.6 Å². The molecular weight excluding hydrogens is 216 g/mol. The van der Waals surface area contributed by atoms with Crippen molar-refractivity contribution >= 4 is 17.6 Å². The van der Waals surface area contributed by atoms with Gasteiger partial charge in [0, 0.05) is 5.54 Å². The summed E-state index contributed by atoms with van der Waals surface area (Å²) >= 11 is 5.44. The molecule has 0 aromatic heterocycles. The van der Waals surface area contributed by atoms with E-state index in [1.165, 1.54) is 6.92 Å². The van der Waals surface area contributed by atoms with Crippen LogP contribution in [-0.2, 0) is 9.53 Å². The van der Waals surface area contributed by atoms with Gasteiger partial charge in [0.05, 0.1) is 12.2 Å². The molecule has 78 valence electrons. The van der Waals surface area contributed by atoms with Crippen LogP contribution in [0.15, 0.2) is 22.3 Å². The first-order valence-electron chi connectivity index (χ1n) is 4.11. The van der Waals surface area contributed by atoms with Gasteiger partial charge in [0.25, 0.3) is 0 Å². The van der Waals surface area contributed by atoms with Crippen LogP contribution in [0, 0.1) is 22.7 Å². The summed E-state index contributed by atoms with van der Waals surface area (Å²) in [7, 11) is 0. The van der Waals surface area contributed by atoms with Crippen LogP contribution < -0.4 is 0 Å². The molecule has 0 atom stereocenters. The fourth-order valence-electron chi connectivity index (χ4n) is 0.816. The number of allylic oxidation sites excluding steroid dienone is 1. The number of ether oxygens (including phenoxy) is 1. The van der Waals surface area contributed by atoms with Gasteiger partial charge in [-0.2, -0.15) is 10.5 Å². The van der Waals surface area contributed by atoms with Crippen LogP contribution in [0.4, 0.5) is 0 Å². The Morgan fingerprint density at radius 1 is 1.47 bits per heavy atom. The van der Waals surface area contributed by atoms with Gasteiger partial charge < -0.3 is 4.74 Å². The molecule has 0 heterocycles. The summed E-state index contributed by atoms with van der Waals surface area (Å²) in [6.45, 7) is 3.32. The maximum atomic E-state index is 11.3. The predicted octanol–water partition coefficient (Wildman–Crippen LogP) is 2.04. The van der Waals surface area contributed by atoms with Crippen LogP contribution >= 0.6 is 11.6 Å². The third-order valence-electron chi connectivity index (χ3n) is 1.61. The third kappa shape index (κ3) is 3.46. The summed E-state index contributed by atoms with van der Waals surface area (Å²) in [6, 6.07) is 3.35. The van der Waals surface area contributed by atoms with E-state index in [0.29, 0.717) is 0 Å². The second-order valence-corrected chi connectivity index (χ2v) is 2.69. The van der Waals surface area contributed by atoms with Crippen LogP contribution in [0.2, 0.25) is 0 Å². The molecule has 0 unspecified atom stereocenters. The molecule has 0 fully saturated rings. The number of nitrogens with zero attached hydrogens (tertiary/aromatic N) is 2. The van der Waals surface area contributed by atoms with Crippen LogP contribution in [0.5, 0.6) is 0 Å². The van der Waals surface area contributed by atoms with E-state index in [1.807, 2.05) is 0 Å². The highest BCUT2D eigenvalue weighted by Gasteiger charge is 2.15. The fourth-order valence-corrected chi connectivity index (χ4v) is 1.07. The molecule has 0 saturated carbocycles. The van der Waals surface area contributed by atoms with Gasteiger partial charge in [-0.15, -0.1) is 0 Å². The third-order valence-corrected chi connectivity index (χ3v) is 1.83. The van der Waals surface area contributed by atoms with Crippen LogP contribution in [0.3, 0.4) is 0 Å². The molecule has 0 amide bonds. The predicted molar refractivity (Wildman–Crippen MR) is 54.5 cm³/mol. The molecule has 15 heavy (non-hydrogen) atoms. The van der Waals surface area contributed by atoms with Crippen molar-refractivity contribution in [3.8, 4) is 12.1 Å². The van der Waals surface area contributed by atoms with Crippen LogP contribution in [0.25, 0.3) is 0 Å². The Kier molecular flexibility index (Phi) is 5.85. The first-order valence-corrected chi connectivity index (χ1v) is 4.54. The summed E-state index contributed by atoms with van der Waals surface area (Å²) in [5.41, 5.74) is 1.09. The van der Waals surface area contributed by atoms with E-state index in [9.17, 15) is 4.79 Å². The van der Waals surface area contributed by atoms with Crippen molar-refractivity contribution in [1.29, 1.82) is 10.5 Å². The van der Waals surface area contributed by atoms with Gasteiger partial charge in [0.15, 0.2) is 0 Å². The first kappa shape index (κ1) is 13.2. The molecule has 0 aliphatic heterocycles. The van der Waals surface area contributed by atoms with E-state index in [-0.39, 0.29) is 23.3 Å². The Hall–Kier alpha value is -1.78. The topological polar surface area (TPSA) is 73.9 Å². The molecule has 0 N–H and O–H groups in total. The van der Waals surface area contributed by atoms with Crippen molar-refractivity contribution in [2.45, 2.75) is 13.8 Å². The quantitative estimate of drug-likeness (QED) is 0.318. The van der Waals surface area contributed by atoms with Gasteiger partial charge in [0.1, 0.15) is 17.7 Å². The van der Waals surface area contributed by atoms with E-state index in [2.05, 4.69) is 0 Å². The Morgan fingerprint density at radius 3 is 2.33 bits per heavy atom. The lowest BCUT2D eigenvalue weighted by atomic mass is 10.0. The highest BCUT2D eigenvalue weighted by molar-refractivity contribution is 6.28. The largest absolute Gasteiger partial charge is 0.462 e. The molecule has 4 nitrogen and oxygen atoms in total. The SMILES string of the molecule is CCOC(=O)/C(=C/Cl)C(C)=C(C#N)C#N. The monoisotopic (exact) mass is 224 g/mol. The first-order chi connectivity index (χ1) is 7.12. The summed E-state index contributed by atoms with van der Waals surface area (Å²) < 4.78 is 4.71. The molecule has 0 aromatic carbocycles. The average molecular weight is 225 g/mol. The molecule has 0 aliphatic carbocycles. The molecule has 0 radical (unpaired) electrons. The minimum Gasteiger partial charge on any atom is -0.462 e. The van der Waals surface area contributed by atoms with Gasteiger partial charge in [-0.1, -0.05) is 11.6 Å². The van der Waals surface area contributed by atoms with Crippen LogP contribution in [0.1, 0.15) is 13.8 Å². The summed E-state index contributed by atoms with van der Waals surface area (Å²) in [5, 5.41) is 17.2. The molecule has 0 spiro atoms. The number of carbonyl (C=O) groups excluding carboxylic acids is 1. The highest BCUT2D eigenvalue weighted by atomic mass is 35.5. The molecular formula is C10H9ClN2O2. The Labute approximate surface area is 93.0 Å². The summed E-state index contributed by atoms with van der Waals surface area (Å²) in [5.74, 6) is -0.645. The van der Waals surface area contributed by atoms with Gasteiger partial charge in [-0.25, -0.2) is 4.79 Å². The molecule has 0 saturated heterocycles. The minimum absolute atomic E-state index is 0.0246. The van der Waals surface area contributed by atoms with E-state index in [1.54, 1.807) is 19.1 Å². The maximum absolute atomic E-state index is 11.3. The van der Waals surface area contributed by atoms with Crippen molar-refractivity contribution < 1.29 is 9.53 Å². The lowest BCUT2D eigenvalue weighted by Crippen LogP contribution is -2.09. The Morgan fingerprint density at radius 2 is 2.00 bits per heavy atom. The fraction of sp³-hybridized carbons (Fsp3) is 0.300. The van der Waals surface area contributed by atoms with Crippen molar-refractivity contribution in [1.82, 2.24) is 0 Å². The lowest BCUT2D eigenvalue weighted by molar-refractivity contribution is -0.138. The number of halogens is 1. The zero-order valence-corrected chi connectivity index (χ0v) is 9.13. The summed E-state index contributed by atoms with van der Waals surface area (Å²) in [4.78, 5) is 11.3. The Bertz CT molecular complexity index is 381. The van der Waals surface area contributed by atoms with E-state index in [4.69, 9.17) is 26.9 Å². The smallest absolute Gasteiger partial charge is 0.339 e. The van der Waals surface area contributed by atoms with Crippen molar-refractivity contribution in [2.24, 2.45) is 0 Å². The average Bonchev–Trinajstić information content (AvgIpc) is 2.21. The zero-order valence-electron chi connectivity index (χ0n) is 8.37. The highest BCUT2D eigenvalue weighted by Crippen LogP contribution is 2.16. The zero-order chi connectivity index (χ0) is 11.8. The second-order valence-electron chi connectivity index (χ2n) is 2.47. The van der Waals surface area contributed by atoms with E-state index >= 15 is 0 Å². The Balaban J connectivity index is 5.22. The molecule has 5 heteroatoms. The van der Waals surface area contributed by atoms with Gasteiger partial charge in [-0.05, 0) is 19.4 Å². The standard InChI is InChI=1S/C10H9ClN2O2/c1-3-15-10(14)9(4-11)7(2)8(5-12)6-13/h4H,3H2,1-2H3/b9-4+. The van der Waals surface area contributed by atoms with Gasteiger partial charge in [-0.3, -0.25) is 0 Å². The van der Waals surface area contributed by atoms with Crippen molar-refractivity contribution in [3.63, 3.8) is 0 Å². The molecule has 0 rings (SSSR count). The molecule has 0 aliphatic rings. The van der Waals surface area contributed by atoms with Gasteiger partial charge in [0.2, 0.25) is 0 Å². The van der Waals surface area contributed by atoms with E-state index in [0.717, 1.165) is 5.54 Å². The number of carbonyl (C=O) groups is 1.